The molecule has 4 amide bonds. The van der Waals surface area contributed by atoms with E-state index in [4.69, 9.17) is 10.5 Å². The lowest BCUT2D eigenvalue weighted by molar-refractivity contribution is -0.146. The van der Waals surface area contributed by atoms with E-state index < -0.39 is 41.1 Å². The monoisotopic (exact) mass is 560 g/mol. The molecule has 226 valence electrons. The van der Waals surface area contributed by atoms with Crippen molar-refractivity contribution in [1.29, 1.82) is 0 Å². The average molecular weight is 561 g/mol. The number of nitrogens with zero attached hydrogens (tertiary/aromatic N) is 1. The molecular weight excluding hydrogens is 508 g/mol. The summed E-state index contributed by atoms with van der Waals surface area (Å²) in [5, 5.41) is 5.72. The van der Waals surface area contributed by atoms with Crippen molar-refractivity contribution >= 4 is 23.8 Å². The van der Waals surface area contributed by atoms with Crippen LogP contribution in [-0.2, 0) is 19.1 Å². The molecule has 0 bridgehead atoms. The van der Waals surface area contributed by atoms with Crippen LogP contribution in [0.3, 0.4) is 0 Å². The largest absolute Gasteiger partial charge is 0.444 e. The lowest BCUT2D eigenvalue weighted by Crippen LogP contribution is -2.57. The average Bonchev–Trinajstić information content (AvgIpc) is 2.77. The third kappa shape index (κ3) is 12.0. The van der Waals surface area contributed by atoms with Gasteiger partial charge in [0.25, 0.3) is 0 Å². The van der Waals surface area contributed by atoms with Gasteiger partial charge in [-0.15, -0.1) is 0 Å². The third-order valence-corrected chi connectivity index (χ3v) is 6.31. The maximum absolute atomic E-state index is 14.4. The van der Waals surface area contributed by atoms with E-state index in [9.17, 15) is 19.2 Å². The van der Waals surface area contributed by atoms with E-state index >= 15 is 0 Å². The second kappa shape index (κ2) is 14.5. The van der Waals surface area contributed by atoms with Crippen molar-refractivity contribution < 1.29 is 23.9 Å². The number of hydrogen-bond donors (Lipinski definition) is 3. The number of primary amides is 1. The first-order valence-corrected chi connectivity index (χ1v) is 14.2. The topological polar surface area (TPSA) is 131 Å². The number of benzene rings is 1. The summed E-state index contributed by atoms with van der Waals surface area (Å²) in [4.78, 5) is 54.5. The van der Waals surface area contributed by atoms with Gasteiger partial charge in [0, 0.05) is 18.0 Å². The lowest BCUT2D eigenvalue weighted by Gasteiger charge is -2.40. The molecule has 1 aromatic rings. The second-order valence-electron chi connectivity index (χ2n) is 13.3. The van der Waals surface area contributed by atoms with Crippen LogP contribution in [0.1, 0.15) is 111 Å². The summed E-state index contributed by atoms with van der Waals surface area (Å²) in [6.07, 6.45) is 0.538. The Bertz CT molecular complexity index is 1040. The van der Waals surface area contributed by atoms with Crippen LogP contribution in [0.2, 0.25) is 0 Å². The molecule has 4 N–H and O–H groups in total. The number of alkyl carbamates (subject to hydrolysis) is 1. The molecule has 0 aromatic heterocycles. The summed E-state index contributed by atoms with van der Waals surface area (Å²) >= 11 is 0. The molecule has 0 fully saturated rings. The number of aryl methyl sites for hydroxylation is 2. The number of nitrogens with two attached hydrogens (primary N) is 1. The van der Waals surface area contributed by atoms with Gasteiger partial charge in [0.1, 0.15) is 17.7 Å². The minimum absolute atomic E-state index is 0.0266. The van der Waals surface area contributed by atoms with Gasteiger partial charge in [0.2, 0.25) is 17.7 Å². The first-order chi connectivity index (χ1) is 18.2. The minimum atomic E-state index is -1.13. The van der Waals surface area contributed by atoms with Crippen molar-refractivity contribution in [1.82, 2.24) is 15.5 Å². The Morgan fingerprint density at radius 3 is 2.05 bits per heavy atom. The molecule has 0 saturated carbocycles. The first kappa shape index (κ1) is 34.9. The standard InChI is InChI=1S/C31H52N4O5/c1-19(2)12-15-22(5)35(28(38)24(16-17-25(32)36)33-29(39)40-31(9,10)11)26(27(37)34-30(6,7)8)23-18-20(3)13-14-21(23)4/h13-14,18-19,22,24,26H,12,15-17H2,1-11H3,(H2,32,36)(H,33,39)(H,34,37). The summed E-state index contributed by atoms with van der Waals surface area (Å²) in [5.41, 5.74) is 6.60. The van der Waals surface area contributed by atoms with Gasteiger partial charge in [-0.1, -0.05) is 37.6 Å². The number of amides is 4. The molecule has 3 atom stereocenters. The van der Waals surface area contributed by atoms with Crippen molar-refractivity contribution in [3.8, 4) is 0 Å². The van der Waals surface area contributed by atoms with Crippen LogP contribution in [0.4, 0.5) is 4.79 Å². The van der Waals surface area contributed by atoms with Crippen molar-refractivity contribution in [2.75, 3.05) is 0 Å². The van der Waals surface area contributed by atoms with Gasteiger partial charge in [-0.3, -0.25) is 14.4 Å². The highest BCUT2D eigenvalue weighted by Gasteiger charge is 2.40. The maximum Gasteiger partial charge on any atom is 0.408 e. The first-order valence-electron chi connectivity index (χ1n) is 14.2. The molecule has 0 radical (unpaired) electrons. The van der Waals surface area contributed by atoms with E-state index in [1.165, 1.54) is 0 Å². The molecule has 9 nitrogen and oxygen atoms in total. The van der Waals surface area contributed by atoms with Crippen LogP contribution in [0.15, 0.2) is 18.2 Å². The molecule has 0 spiro atoms. The maximum atomic E-state index is 14.4. The smallest absolute Gasteiger partial charge is 0.408 e. The number of hydrogen-bond acceptors (Lipinski definition) is 5. The van der Waals surface area contributed by atoms with Crippen LogP contribution in [-0.4, -0.2) is 51.9 Å². The quantitative estimate of drug-likeness (QED) is 0.328. The molecule has 0 aliphatic carbocycles. The molecular formula is C31H52N4O5. The van der Waals surface area contributed by atoms with Gasteiger partial charge < -0.3 is 26.0 Å². The van der Waals surface area contributed by atoms with Crippen molar-refractivity contribution in [3.63, 3.8) is 0 Å². The zero-order chi connectivity index (χ0) is 31.0. The Morgan fingerprint density at radius 2 is 1.55 bits per heavy atom. The van der Waals surface area contributed by atoms with Crippen LogP contribution in [0, 0.1) is 19.8 Å². The molecule has 0 saturated heterocycles. The predicted octanol–water partition coefficient (Wildman–Crippen LogP) is 5.07. The molecule has 0 aliphatic rings. The van der Waals surface area contributed by atoms with Crippen molar-refractivity contribution in [2.45, 2.75) is 131 Å². The fourth-order valence-corrected chi connectivity index (χ4v) is 4.40. The zero-order valence-electron chi connectivity index (χ0n) is 26.4. The molecule has 0 heterocycles. The van der Waals surface area contributed by atoms with E-state index in [0.29, 0.717) is 17.9 Å². The van der Waals surface area contributed by atoms with Gasteiger partial charge in [-0.2, -0.15) is 0 Å². The van der Waals surface area contributed by atoms with Crippen LogP contribution in [0.25, 0.3) is 0 Å². The number of carbonyl (C=O) groups is 4. The van der Waals surface area contributed by atoms with Crippen LogP contribution in [0.5, 0.6) is 0 Å². The molecule has 9 heteroatoms. The van der Waals surface area contributed by atoms with E-state index in [2.05, 4.69) is 24.5 Å². The Morgan fingerprint density at radius 1 is 0.950 bits per heavy atom. The third-order valence-electron chi connectivity index (χ3n) is 6.31. The second-order valence-corrected chi connectivity index (χ2v) is 13.3. The molecule has 40 heavy (non-hydrogen) atoms. The molecule has 1 rings (SSSR count). The van der Waals surface area contributed by atoms with Gasteiger partial charge >= 0.3 is 6.09 Å². The number of nitrogens with one attached hydrogen (secondary N) is 2. The Hall–Kier alpha value is -3.10. The van der Waals surface area contributed by atoms with E-state index in [1.54, 1.807) is 25.7 Å². The molecule has 1 aromatic carbocycles. The Kier molecular flexibility index (Phi) is 12.7. The summed E-state index contributed by atoms with van der Waals surface area (Å²) in [6, 6.07) is 3.38. The fourth-order valence-electron chi connectivity index (χ4n) is 4.40. The zero-order valence-corrected chi connectivity index (χ0v) is 26.4. The summed E-state index contributed by atoms with van der Waals surface area (Å²) in [5.74, 6) is -1.01. The highest BCUT2D eigenvalue weighted by molar-refractivity contribution is 5.93. The number of carbonyl (C=O) groups excluding carboxylic acids is 4. The fraction of sp³-hybridized carbons (Fsp3) is 0.677. The van der Waals surface area contributed by atoms with E-state index in [0.717, 1.165) is 17.5 Å². The molecule has 0 aliphatic heterocycles. The SMILES string of the molecule is Cc1ccc(C)c(C(C(=O)NC(C)(C)C)N(C(=O)C(CCC(N)=O)NC(=O)OC(C)(C)C)C(C)CCC(C)C)c1. The number of ether oxygens (including phenoxy) is 1. The summed E-state index contributed by atoms with van der Waals surface area (Å²) < 4.78 is 5.42. The van der Waals surface area contributed by atoms with Gasteiger partial charge in [-0.05, 0) is 98.6 Å². The summed E-state index contributed by atoms with van der Waals surface area (Å²) in [6.45, 7) is 20.8. The van der Waals surface area contributed by atoms with Crippen LogP contribution >= 0.6 is 0 Å². The normalized spacial score (nSPS) is 14.2. The van der Waals surface area contributed by atoms with Crippen molar-refractivity contribution in [2.24, 2.45) is 11.7 Å². The van der Waals surface area contributed by atoms with Gasteiger partial charge in [0.05, 0.1) is 0 Å². The van der Waals surface area contributed by atoms with Gasteiger partial charge in [0.15, 0.2) is 0 Å². The van der Waals surface area contributed by atoms with E-state index in [-0.39, 0.29) is 24.8 Å². The van der Waals surface area contributed by atoms with Gasteiger partial charge in [-0.25, -0.2) is 4.79 Å². The van der Waals surface area contributed by atoms with E-state index in [1.807, 2.05) is 59.7 Å². The Balaban J connectivity index is 3.76. The highest BCUT2D eigenvalue weighted by Crippen LogP contribution is 2.31. The Labute approximate surface area is 241 Å². The lowest BCUT2D eigenvalue weighted by atomic mass is 9.92. The minimum Gasteiger partial charge on any atom is -0.444 e. The molecule has 3 unspecified atom stereocenters. The number of rotatable bonds is 12. The highest BCUT2D eigenvalue weighted by atomic mass is 16.6. The van der Waals surface area contributed by atoms with Crippen molar-refractivity contribution in [3.05, 3.63) is 34.9 Å². The van der Waals surface area contributed by atoms with Crippen LogP contribution < -0.4 is 16.4 Å². The predicted molar refractivity (Wildman–Crippen MR) is 159 cm³/mol. The summed E-state index contributed by atoms with van der Waals surface area (Å²) in [7, 11) is 0.